The first kappa shape index (κ1) is 10.5. The number of rotatable bonds is 0. The summed E-state index contributed by atoms with van der Waals surface area (Å²) in [5.41, 5.74) is 0.945. The molecule has 0 bridgehead atoms. The Kier molecular flexibility index (Phi) is 2.06. The van der Waals surface area contributed by atoms with E-state index in [1.54, 1.807) is 0 Å². The summed E-state index contributed by atoms with van der Waals surface area (Å²) in [6, 6.07) is 0. The molecule has 0 aromatic heterocycles. The fourth-order valence-electron chi connectivity index (χ4n) is 4.45. The van der Waals surface area contributed by atoms with E-state index in [-0.39, 0.29) is 11.5 Å². The second-order valence-electron chi connectivity index (χ2n) is 6.60. The van der Waals surface area contributed by atoms with Crippen LogP contribution in [0.3, 0.4) is 0 Å². The maximum atomic E-state index is 10.1. The SMILES string of the molecule is CC1(C)CCC[C@]12CC[C@H](O)C2(C)C. The van der Waals surface area contributed by atoms with Crippen LogP contribution >= 0.6 is 0 Å². The van der Waals surface area contributed by atoms with E-state index in [1.807, 2.05) is 0 Å². The van der Waals surface area contributed by atoms with Crippen molar-refractivity contribution in [3.8, 4) is 0 Å². The molecule has 0 saturated heterocycles. The summed E-state index contributed by atoms with van der Waals surface area (Å²) in [6.45, 7) is 9.36. The van der Waals surface area contributed by atoms with Gasteiger partial charge in [-0.2, -0.15) is 0 Å². The Labute approximate surface area is 87.9 Å². The highest BCUT2D eigenvalue weighted by Gasteiger charge is 2.62. The Morgan fingerprint density at radius 2 is 1.64 bits per heavy atom. The van der Waals surface area contributed by atoms with E-state index in [0.29, 0.717) is 10.8 Å². The minimum atomic E-state index is -0.0834. The van der Waals surface area contributed by atoms with Gasteiger partial charge in [0.2, 0.25) is 0 Å². The van der Waals surface area contributed by atoms with Crippen molar-refractivity contribution in [3.05, 3.63) is 0 Å². The Morgan fingerprint density at radius 3 is 2.00 bits per heavy atom. The van der Waals surface area contributed by atoms with Gasteiger partial charge < -0.3 is 5.11 Å². The van der Waals surface area contributed by atoms with Crippen LogP contribution in [0.5, 0.6) is 0 Å². The van der Waals surface area contributed by atoms with Crippen LogP contribution < -0.4 is 0 Å². The first-order valence-corrected chi connectivity index (χ1v) is 6.02. The molecule has 1 N–H and O–H groups in total. The summed E-state index contributed by atoms with van der Waals surface area (Å²) in [6.07, 6.45) is 6.17. The van der Waals surface area contributed by atoms with Crippen molar-refractivity contribution in [1.82, 2.24) is 0 Å². The van der Waals surface area contributed by atoms with E-state index < -0.39 is 0 Å². The zero-order chi connectivity index (χ0) is 10.6. The average molecular weight is 196 g/mol. The van der Waals surface area contributed by atoms with Crippen molar-refractivity contribution in [3.63, 3.8) is 0 Å². The summed E-state index contributed by atoms with van der Waals surface area (Å²) in [4.78, 5) is 0. The molecule has 0 radical (unpaired) electrons. The molecule has 2 fully saturated rings. The smallest absolute Gasteiger partial charge is 0.0596 e. The first-order chi connectivity index (χ1) is 6.33. The summed E-state index contributed by atoms with van der Waals surface area (Å²) < 4.78 is 0. The highest BCUT2D eigenvalue weighted by atomic mass is 16.3. The molecule has 2 aliphatic rings. The summed E-state index contributed by atoms with van der Waals surface area (Å²) >= 11 is 0. The van der Waals surface area contributed by atoms with Gasteiger partial charge in [0, 0.05) is 0 Å². The first-order valence-electron chi connectivity index (χ1n) is 6.02. The molecule has 2 rings (SSSR count). The van der Waals surface area contributed by atoms with Crippen LogP contribution in [0, 0.1) is 16.2 Å². The fraction of sp³-hybridized carbons (Fsp3) is 1.00. The molecule has 2 atom stereocenters. The molecule has 0 unspecified atom stereocenters. The molecular formula is C13H24O. The molecule has 2 saturated carbocycles. The van der Waals surface area contributed by atoms with Crippen molar-refractivity contribution in [2.75, 3.05) is 0 Å². The number of aliphatic hydroxyl groups excluding tert-OH is 1. The maximum Gasteiger partial charge on any atom is 0.0596 e. The quantitative estimate of drug-likeness (QED) is 0.630. The Morgan fingerprint density at radius 1 is 1.00 bits per heavy atom. The molecule has 2 aliphatic carbocycles. The molecule has 1 heteroatoms. The molecule has 1 spiro atoms. The standard InChI is InChI=1S/C13H24O/c1-11(2)7-5-8-13(11)9-6-10(14)12(13,3)4/h10,14H,5-9H2,1-4H3/t10-,13-/m0/s1. The van der Waals surface area contributed by atoms with E-state index in [4.69, 9.17) is 0 Å². The zero-order valence-electron chi connectivity index (χ0n) is 10.1. The van der Waals surface area contributed by atoms with Gasteiger partial charge in [-0.25, -0.2) is 0 Å². The van der Waals surface area contributed by atoms with E-state index in [0.717, 1.165) is 6.42 Å². The van der Waals surface area contributed by atoms with E-state index in [9.17, 15) is 5.11 Å². The number of hydrogen-bond acceptors (Lipinski definition) is 1. The lowest BCUT2D eigenvalue weighted by Gasteiger charge is -2.49. The average Bonchev–Trinajstić information content (AvgIpc) is 2.47. The fourth-order valence-corrected chi connectivity index (χ4v) is 4.45. The topological polar surface area (TPSA) is 20.2 Å². The van der Waals surface area contributed by atoms with Crippen molar-refractivity contribution in [2.45, 2.75) is 65.9 Å². The molecule has 0 amide bonds. The highest BCUT2D eigenvalue weighted by Crippen LogP contribution is 2.68. The van der Waals surface area contributed by atoms with Gasteiger partial charge in [0.05, 0.1) is 6.10 Å². The van der Waals surface area contributed by atoms with Crippen LogP contribution in [-0.4, -0.2) is 11.2 Å². The predicted molar refractivity (Wildman–Crippen MR) is 59.1 cm³/mol. The van der Waals surface area contributed by atoms with Crippen molar-refractivity contribution >= 4 is 0 Å². The summed E-state index contributed by atoms with van der Waals surface area (Å²) in [5, 5.41) is 10.1. The van der Waals surface area contributed by atoms with E-state index >= 15 is 0 Å². The molecule has 0 heterocycles. The molecule has 0 aromatic carbocycles. The minimum absolute atomic E-state index is 0.0834. The van der Waals surface area contributed by atoms with Crippen LogP contribution in [0.25, 0.3) is 0 Å². The summed E-state index contributed by atoms with van der Waals surface area (Å²) in [7, 11) is 0. The normalized spacial score (nSPS) is 44.8. The van der Waals surface area contributed by atoms with Crippen molar-refractivity contribution in [2.24, 2.45) is 16.2 Å². The van der Waals surface area contributed by atoms with Crippen molar-refractivity contribution < 1.29 is 5.11 Å². The monoisotopic (exact) mass is 196 g/mol. The van der Waals surface area contributed by atoms with Crippen LogP contribution in [-0.2, 0) is 0 Å². The van der Waals surface area contributed by atoms with Crippen LogP contribution in [0.2, 0.25) is 0 Å². The second kappa shape index (κ2) is 2.75. The lowest BCUT2D eigenvalue weighted by atomic mass is 9.56. The molecule has 1 nitrogen and oxygen atoms in total. The van der Waals surface area contributed by atoms with Gasteiger partial charge in [0.1, 0.15) is 0 Å². The third-order valence-electron chi connectivity index (χ3n) is 5.61. The number of hydrogen-bond donors (Lipinski definition) is 1. The third-order valence-corrected chi connectivity index (χ3v) is 5.61. The van der Waals surface area contributed by atoms with Gasteiger partial charge in [-0.3, -0.25) is 0 Å². The van der Waals surface area contributed by atoms with E-state index in [1.165, 1.54) is 25.7 Å². The molecule has 82 valence electrons. The van der Waals surface area contributed by atoms with Gasteiger partial charge in [0.25, 0.3) is 0 Å². The zero-order valence-corrected chi connectivity index (χ0v) is 10.1. The van der Waals surface area contributed by atoms with Crippen molar-refractivity contribution in [1.29, 1.82) is 0 Å². The third kappa shape index (κ3) is 0.997. The van der Waals surface area contributed by atoms with Gasteiger partial charge in [-0.1, -0.05) is 34.1 Å². The highest BCUT2D eigenvalue weighted by molar-refractivity contribution is 5.11. The molecule has 0 aliphatic heterocycles. The minimum Gasteiger partial charge on any atom is -0.393 e. The largest absolute Gasteiger partial charge is 0.393 e. The van der Waals surface area contributed by atoms with Gasteiger partial charge in [0.15, 0.2) is 0 Å². The maximum absolute atomic E-state index is 10.1. The lowest BCUT2D eigenvalue weighted by Crippen LogP contribution is -2.45. The summed E-state index contributed by atoms with van der Waals surface area (Å²) in [5.74, 6) is 0. The Bertz CT molecular complexity index is 242. The predicted octanol–water partition coefficient (Wildman–Crippen LogP) is 3.36. The number of aliphatic hydroxyl groups is 1. The van der Waals surface area contributed by atoms with Crippen LogP contribution in [0.4, 0.5) is 0 Å². The molecule has 14 heavy (non-hydrogen) atoms. The van der Waals surface area contributed by atoms with Gasteiger partial charge >= 0.3 is 0 Å². The second-order valence-corrected chi connectivity index (χ2v) is 6.60. The van der Waals surface area contributed by atoms with Crippen LogP contribution in [0.1, 0.15) is 59.8 Å². The van der Waals surface area contributed by atoms with Gasteiger partial charge in [-0.15, -0.1) is 0 Å². The van der Waals surface area contributed by atoms with E-state index in [2.05, 4.69) is 27.7 Å². The van der Waals surface area contributed by atoms with Gasteiger partial charge in [-0.05, 0) is 41.9 Å². The Balaban J connectivity index is 2.41. The van der Waals surface area contributed by atoms with Crippen LogP contribution in [0.15, 0.2) is 0 Å². The molecule has 0 aromatic rings. The molecular weight excluding hydrogens is 172 g/mol. The lowest BCUT2D eigenvalue weighted by molar-refractivity contribution is -0.0515. The Hall–Kier alpha value is -0.0400.